The van der Waals surface area contributed by atoms with Gasteiger partial charge in [-0.2, -0.15) is 0 Å². The maximum atomic E-state index is 7.18. The van der Waals surface area contributed by atoms with Crippen LogP contribution in [0.2, 0.25) is 0 Å². The Morgan fingerprint density at radius 1 is 0.571 bits per heavy atom. The van der Waals surface area contributed by atoms with E-state index in [9.17, 15) is 0 Å². The molecular weight excluding hydrogens is 603 g/mol. The summed E-state index contributed by atoms with van der Waals surface area (Å²) in [6.45, 7) is 13.3. The SMILES string of the molecule is CCCCCCCCCCCCCCCCCCN=C1OC2(c3cc(C)c(NCC)cc3Oc3cc(NCC)c(C)cc32)c2ccccc21. The summed E-state index contributed by atoms with van der Waals surface area (Å²) in [6, 6.07) is 17.4. The van der Waals surface area contributed by atoms with E-state index in [1.807, 2.05) is 0 Å². The van der Waals surface area contributed by atoms with Gasteiger partial charge in [-0.15, -0.1) is 0 Å². The first kappa shape index (κ1) is 36.8. The summed E-state index contributed by atoms with van der Waals surface area (Å²) in [5.74, 6) is 2.40. The topological polar surface area (TPSA) is 54.9 Å². The van der Waals surface area contributed by atoms with Crippen molar-refractivity contribution in [1.29, 1.82) is 0 Å². The summed E-state index contributed by atoms with van der Waals surface area (Å²) in [7, 11) is 0. The Morgan fingerprint density at radius 3 is 1.53 bits per heavy atom. The van der Waals surface area contributed by atoms with E-state index < -0.39 is 5.60 Å². The third-order valence-corrected chi connectivity index (χ3v) is 10.4. The third-order valence-electron chi connectivity index (χ3n) is 10.4. The molecular formula is C44H63N3O2. The van der Waals surface area contributed by atoms with Gasteiger partial charge in [0.15, 0.2) is 5.60 Å². The molecule has 0 amide bonds. The third kappa shape index (κ3) is 8.83. The van der Waals surface area contributed by atoms with Gasteiger partial charge in [0.1, 0.15) is 11.5 Å². The van der Waals surface area contributed by atoms with Gasteiger partial charge in [0.05, 0.1) is 0 Å². The van der Waals surface area contributed by atoms with Gasteiger partial charge in [-0.05, 0) is 63.4 Å². The number of aliphatic imine (C=N–C) groups is 1. The fourth-order valence-corrected chi connectivity index (χ4v) is 7.71. The predicted octanol–water partition coefficient (Wildman–Crippen LogP) is 12.6. The molecule has 3 aromatic carbocycles. The van der Waals surface area contributed by atoms with Gasteiger partial charge in [0, 0.05) is 65.4 Å². The van der Waals surface area contributed by atoms with Crippen molar-refractivity contribution in [2.45, 2.75) is 143 Å². The minimum atomic E-state index is -0.821. The lowest BCUT2D eigenvalue weighted by Gasteiger charge is -2.38. The molecule has 0 atom stereocenters. The first-order chi connectivity index (χ1) is 24.0. The molecule has 0 aliphatic carbocycles. The number of benzene rings is 3. The lowest BCUT2D eigenvalue weighted by molar-refractivity contribution is 0.143. The smallest absolute Gasteiger partial charge is 0.218 e. The van der Waals surface area contributed by atoms with Gasteiger partial charge in [-0.25, -0.2) is 0 Å². The Balaban J connectivity index is 1.21. The van der Waals surface area contributed by atoms with Crippen molar-refractivity contribution in [3.8, 4) is 11.5 Å². The molecule has 0 saturated carbocycles. The van der Waals surface area contributed by atoms with Gasteiger partial charge in [0.25, 0.3) is 0 Å². The first-order valence-corrected chi connectivity index (χ1v) is 19.8. The van der Waals surface area contributed by atoms with Crippen LogP contribution < -0.4 is 15.4 Å². The number of nitrogens with one attached hydrogen (secondary N) is 2. The molecule has 0 fully saturated rings. The van der Waals surface area contributed by atoms with E-state index in [1.54, 1.807) is 0 Å². The second kappa shape index (κ2) is 18.5. The number of hydrogen-bond acceptors (Lipinski definition) is 5. The molecule has 49 heavy (non-hydrogen) atoms. The molecule has 5 rings (SSSR count). The first-order valence-electron chi connectivity index (χ1n) is 19.8. The molecule has 3 aromatic rings. The van der Waals surface area contributed by atoms with E-state index in [0.717, 1.165) is 77.1 Å². The molecule has 1 spiro atoms. The van der Waals surface area contributed by atoms with Gasteiger partial charge >= 0.3 is 0 Å². The van der Waals surface area contributed by atoms with Crippen molar-refractivity contribution in [1.82, 2.24) is 0 Å². The second-order valence-electron chi connectivity index (χ2n) is 14.3. The number of anilines is 2. The average Bonchev–Trinajstić information content (AvgIpc) is 3.42. The summed E-state index contributed by atoms with van der Waals surface area (Å²) in [5.41, 5.74) is 7.99. The minimum Gasteiger partial charge on any atom is -0.456 e. The molecule has 2 N–H and O–H groups in total. The number of unbranched alkanes of at least 4 members (excludes halogenated alkanes) is 15. The van der Waals surface area contributed by atoms with Crippen molar-refractivity contribution < 1.29 is 9.47 Å². The largest absolute Gasteiger partial charge is 0.456 e. The van der Waals surface area contributed by atoms with Crippen LogP contribution in [-0.2, 0) is 10.3 Å². The van der Waals surface area contributed by atoms with Crippen LogP contribution in [0.25, 0.3) is 0 Å². The second-order valence-corrected chi connectivity index (χ2v) is 14.3. The van der Waals surface area contributed by atoms with Crippen LogP contribution in [-0.4, -0.2) is 25.5 Å². The number of aryl methyl sites for hydroxylation is 2. The van der Waals surface area contributed by atoms with E-state index in [0.29, 0.717) is 0 Å². The number of nitrogens with zero attached hydrogens (tertiary/aromatic N) is 1. The number of hydrogen-bond donors (Lipinski definition) is 2. The Bertz CT molecular complexity index is 1470. The molecule has 0 bridgehead atoms. The predicted molar refractivity (Wildman–Crippen MR) is 209 cm³/mol. The van der Waals surface area contributed by atoms with E-state index in [1.165, 1.54) is 107 Å². The van der Waals surface area contributed by atoms with Crippen molar-refractivity contribution in [2.24, 2.45) is 4.99 Å². The van der Waals surface area contributed by atoms with Crippen molar-refractivity contribution in [3.63, 3.8) is 0 Å². The molecule has 0 saturated heterocycles. The van der Waals surface area contributed by atoms with E-state index in [2.05, 4.69) is 93.8 Å². The normalized spacial score (nSPS) is 14.7. The highest BCUT2D eigenvalue weighted by Crippen LogP contribution is 2.57. The van der Waals surface area contributed by atoms with Crippen molar-refractivity contribution >= 4 is 17.3 Å². The Morgan fingerprint density at radius 2 is 1.04 bits per heavy atom. The van der Waals surface area contributed by atoms with E-state index in [4.69, 9.17) is 14.5 Å². The van der Waals surface area contributed by atoms with Crippen LogP contribution in [0.4, 0.5) is 11.4 Å². The number of ether oxygens (including phenoxy) is 2. The Kier molecular flexibility index (Phi) is 13.9. The van der Waals surface area contributed by atoms with Crippen LogP contribution in [0, 0.1) is 13.8 Å². The van der Waals surface area contributed by atoms with Crippen LogP contribution in [0.3, 0.4) is 0 Å². The summed E-state index contributed by atoms with van der Waals surface area (Å²) in [6.07, 6.45) is 21.9. The molecule has 2 aliphatic heterocycles. The van der Waals surface area contributed by atoms with Crippen LogP contribution in [0.1, 0.15) is 157 Å². The number of fused-ring (bicyclic) bond motifs is 6. The zero-order chi connectivity index (χ0) is 34.5. The average molecular weight is 666 g/mol. The van der Waals surface area contributed by atoms with Crippen LogP contribution >= 0.6 is 0 Å². The van der Waals surface area contributed by atoms with Crippen LogP contribution in [0.5, 0.6) is 11.5 Å². The van der Waals surface area contributed by atoms with Gasteiger partial charge in [0.2, 0.25) is 5.90 Å². The van der Waals surface area contributed by atoms with Gasteiger partial charge in [-0.1, -0.05) is 121 Å². The van der Waals surface area contributed by atoms with Crippen LogP contribution in [0.15, 0.2) is 53.5 Å². The molecule has 2 heterocycles. The van der Waals surface area contributed by atoms with E-state index in [-0.39, 0.29) is 0 Å². The Labute approximate surface area is 297 Å². The maximum Gasteiger partial charge on any atom is 0.218 e. The van der Waals surface area contributed by atoms with Gasteiger partial charge in [-0.3, -0.25) is 4.99 Å². The Hall–Kier alpha value is -3.47. The highest BCUT2D eigenvalue weighted by atomic mass is 16.5. The molecule has 0 unspecified atom stereocenters. The lowest BCUT2D eigenvalue weighted by Crippen LogP contribution is -2.33. The zero-order valence-electron chi connectivity index (χ0n) is 31.3. The minimum absolute atomic E-state index is 0.747. The molecule has 0 aromatic heterocycles. The zero-order valence-corrected chi connectivity index (χ0v) is 31.3. The van der Waals surface area contributed by atoms with E-state index >= 15 is 0 Å². The lowest BCUT2D eigenvalue weighted by atomic mass is 9.76. The van der Waals surface area contributed by atoms with Crippen molar-refractivity contribution in [2.75, 3.05) is 30.3 Å². The monoisotopic (exact) mass is 665 g/mol. The molecule has 0 radical (unpaired) electrons. The molecule has 5 nitrogen and oxygen atoms in total. The quantitative estimate of drug-likeness (QED) is 0.111. The van der Waals surface area contributed by atoms with Crippen molar-refractivity contribution in [3.05, 3.63) is 81.9 Å². The highest BCUT2D eigenvalue weighted by Gasteiger charge is 2.53. The molecule has 2 aliphatic rings. The van der Waals surface area contributed by atoms with Gasteiger partial charge < -0.3 is 20.1 Å². The standard InChI is InChI=1S/C44H63N3O2/c1-6-9-10-11-12-13-14-15-16-17-18-19-20-21-22-25-28-47-43-35-26-23-24-27-36(35)44(49-43)37-29-33(4)39(45-7-2)31-41(37)48-42-32-40(46-8-3)34(5)30-38(42)44/h23-24,26-27,29-32,45-46H,6-22,25,28H2,1-5H3. The fraction of sp³-hybridized carbons (Fsp3) is 0.568. The summed E-state index contributed by atoms with van der Waals surface area (Å²) < 4.78 is 13.9. The maximum absolute atomic E-state index is 7.18. The number of rotatable bonds is 21. The summed E-state index contributed by atoms with van der Waals surface area (Å²) >= 11 is 0. The highest BCUT2D eigenvalue weighted by molar-refractivity contribution is 6.01. The summed E-state index contributed by atoms with van der Waals surface area (Å²) in [4.78, 5) is 5.13. The fourth-order valence-electron chi connectivity index (χ4n) is 7.71. The molecule has 5 heteroatoms. The summed E-state index contributed by atoms with van der Waals surface area (Å²) in [5, 5.41) is 7.03. The molecule has 266 valence electrons.